The predicted molar refractivity (Wildman–Crippen MR) is 80.7 cm³/mol. The smallest absolute Gasteiger partial charge is 0.123 e. The van der Waals surface area contributed by atoms with Crippen LogP contribution in [0, 0.1) is 5.41 Å². The van der Waals surface area contributed by atoms with Crippen molar-refractivity contribution in [2.24, 2.45) is 5.41 Å². The van der Waals surface area contributed by atoms with Gasteiger partial charge in [0.15, 0.2) is 0 Å². The zero-order valence-electron chi connectivity index (χ0n) is 12.0. The molecule has 0 aromatic heterocycles. The number of hydrogen-bond donors (Lipinski definition) is 0. The average Bonchev–Trinajstić information content (AvgIpc) is 2.64. The molecule has 0 fully saturated rings. The molecule has 1 aliphatic heterocycles. The maximum Gasteiger partial charge on any atom is 0.123 e. The Kier molecular flexibility index (Phi) is 3.52. The van der Waals surface area contributed by atoms with Crippen molar-refractivity contribution >= 4 is 15.9 Å². The van der Waals surface area contributed by atoms with E-state index in [1.807, 2.05) is 0 Å². The molecule has 1 aliphatic rings. The molecule has 1 unspecified atom stereocenters. The van der Waals surface area contributed by atoms with E-state index in [-0.39, 0.29) is 10.8 Å². The van der Waals surface area contributed by atoms with Gasteiger partial charge in [0, 0.05) is 15.8 Å². The summed E-state index contributed by atoms with van der Waals surface area (Å²) in [5.41, 5.74) is 3.10. The van der Waals surface area contributed by atoms with Gasteiger partial charge in [-0.2, -0.15) is 0 Å². The third kappa shape index (κ3) is 2.32. The Morgan fingerprint density at radius 2 is 2.06 bits per heavy atom. The second kappa shape index (κ2) is 4.56. The number of hydrogen-bond acceptors (Lipinski definition) is 1. The van der Waals surface area contributed by atoms with Gasteiger partial charge >= 0.3 is 0 Å². The van der Waals surface area contributed by atoms with Gasteiger partial charge in [-0.25, -0.2) is 0 Å². The van der Waals surface area contributed by atoms with Crippen molar-refractivity contribution in [2.75, 3.05) is 6.61 Å². The number of rotatable bonds is 3. The lowest BCUT2D eigenvalue weighted by Gasteiger charge is -2.30. The lowest BCUT2D eigenvalue weighted by molar-refractivity contribution is 0.291. The fourth-order valence-corrected chi connectivity index (χ4v) is 2.93. The Morgan fingerprint density at radius 1 is 1.39 bits per heavy atom. The Morgan fingerprint density at radius 3 is 2.67 bits per heavy atom. The average molecular weight is 311 g/mol. The molecule has 0 aliphatic carbocycles. The molecule has 1 aromatic rings. The van der Waals surface area contributed by atoms with Crippen molar-refractivity contribution in [2.45, 2.75) is 51.3 Å². The number of ether oxygens (including phenoxy) is 1. The van der Waals surface area contributed by atoms with E-state index in [2.05, 4.69) is 68.7 Å². The van der Waals surface area contributed by atoms with E-state index in [1.165, 1.54) is 11.1 Å². The minimum Gasteiger partial charge on any atom is -0.492 e. The van der Waals surface area contributed by atoms with Crippen LogP contribution in [0.4, 0.5) is 0 Å². The van der Waals surface area contributed by atoms with Crippen LogP contribution in [0.1, 0.15) is 57.0 Å². The zero-order valence-corrected chi connectivity index (χ0v) is 13.6. The lowest BCUT2D eigenvalue weighted by atomic mass is 9.80. The summed E-state index contributed by atoms with van der Waals surface area (Å²) < 4.78 is 5.75. The van der Waals surface area contributed by atoms with E-state index in [0.717, 1.165) is 18.8 Å². The van der Waals surface area contributed by atoms with Crippen LogP contribution in [0.15, 0.2) is 18.2 Å². The molecular weight excluding hydrogens is 288 g/mol. The molecule has 0 saturated carbocycles. The van der Waals surface area contributed by atoms with Crippen LogP contribution in [0.2, 0.25) is 0 Å². The van der Waals surface area contributed by atoms with Crippen LogP contribution in [0.3, 0.4) is 0 Å². The Bertz CT molecular complexity index is 448. The van der Waals surface area contributed by atoms with Gasteiger partial charge in [-0.3, -0.25) is 0 Å². The van der Waals surface area contributed by atoms with Gasteiger partial charge in [0.25, 0.3) is 0 Å². The first kappa shape index (κ1) is 13.9. The molecular formula is C16H23BrO. The van der Waals surface area contributed by atoms with Gasteiger partial charge < -0.3 is 4.74 Å². The minimum atomic E-state index is 0.133. The first-order valence-electron chi connectivity index (χ1n) is 6.69. The van der Waals surface area contributed by atoms with Crippen LogP contribution in [0.25, 0.3) is 0 Å². The zero-order chi connectivity index (χ0) is 13.6. The van der Waals surface area contributed by atoms with Crippen molar-refractivity contribution in [1.29, 1.82) is 0 Å². The van der Waals surface area contributed by atoms with Crippen LogP contribution in [-0.4, -0.2) is 6.61 Å². The fraction of sp³-hybridized carbons (Fsp3) is 0.625. The van der Waals surface area contributed by atoms with E-state index in [9.17, 15) is 0 Å². The summed E-state index contributed by atoms with van der Waals surface area (Å²) in [7, 11) is 0. The van der Waals surface area contributed by atoms with Crippen LogP contribution >= 0.6 is 15.9 Å². The highest BCUT2D eigenvalue weighted by Gasteiger charge is 2.34. The quantitative estimate of drug-likeness (QED) is 0.695. The number of benzene rings is 1. The number of halogens is 1. The van der Waals surface area contributed by atoms with E-state index >= 15 is 0 Å². The first-order valence-corrected chi connectivity index (χ1v) is 7.61. The molecule has 18 heavy (non-hydrogen) atoms. The molecule has 0 spiro atoms. The Labute approximate surface area is 119 Å². The first-order chi connectivity index (χ1) is 8.28. The molecule has 0 bridgehead atoms. The fourth-order valence-electron chi connectivity index (χ4n) is 2.33. The van der Waals surface area contributed by atoms with Crippen molar-refractivity contribution in [3.8, 4) is 5.75 Å². The van der Waals surface area contributed by atoms with Gasteiger partial charge in [-0.15, -0.1) is 0 Å². The maximum atomic E-state index is 5.75. The van der Waals surface area contributed by atoms with Crippen LogP contribution in [-0.2, 0) is 5.41 Å². The summed E-state index contributed by atoms with van der Waals surface area (Å²) in [4.78, 5) is 0.386. The molecule has 0 saturated heterocycles. The van der Waals surface area contributed by atoms with Crippen molar-refractivity contribution in [3.05, 3.63) is 29.3 Å². The highest BCUT2D eigenvalue weighted by Crippen LogP contribution is 2.46. The Hall–Kier alpha value is -0.500. The molecule has 2 rings (SSSR count). The van der Waals surface area contributed by atoms with Crippen LogP contribution in [0.5, 0.6) is 5.75 Å². The summed E-state index contributed by atoms with van der Waals surface area (Å²) in [6.45, 7) is 12.1. The molecule has 1 atom stereocenters. The molecule has 0 amide bonds. The molecule has 100 valence electrons. The van der Waals surface area contributed by atoms with Gasteiger partial charge in [-0.05, 0) is 23.5 Å². The van der Waals surface area contributed by atoms with Gasteiger partial charge in [0.05, 0.1) is 6.61 Å². The van der Waals surface area contributed by atoms with Crippen LogP contribution < -0.4 is 4.74 Å². The Balaban J connectivity index is 2.38. The summed E-state index contributed by atoms with van der Waals surface area (Å²) in [6, 6.07) is 6.63. The SMILES string of the molecule is CCC(C)(C)C(Br)c1ccc2c(c1)C(C)(C)CO2. The normalized spacial score (nSPS) is 19.2. The van der Waals surface area contributed by atoms with Crippen molar-refractivity contribution < 1.29 is 4.74 Å². The monoisotopic (exact) mass is 310 g/mol. The summed E-state index contributed by atoms with van der Waals surface area (Å²) in [5, 5.41) is 0. The molecule has 1 nitrogen and oxygen atoms in total. The molecule has 0 N–H and O–H groups in total. The van der Waals surface area contributed by atoms with E-state index in [1.54, 1.807) is 0 Å². The lowest BCUT2D eigenvalue weighted by Crippen LogP contribution is -2.19. The number of fused-ring (bicyclic) bond motifs is 1. The van der Waals surface area contributed by atoms with Crippen molar-refractivity contribution in [3.63, 3.8) is 0 Å². The molecule has 2 heteroatoms. The van der Waals surface area contributed by atoms with E-state index < -0.39 is 0 Å². The third-order valence-corrected chi connectivity index (χ3v) is 5.98. The summed E-state index contributed by atoms with van der Waals surface area (Å²) >= 11 is 3.87. The highest BCUT2D eigenvalue weighted by atomic mass is 79.9. The summed E-state index contributed by atoms with van der Waals surface area (Å²) in [6.07, 6.45) is 1.15. The molecule has 0 radical (unpaired) electrons. The predicted octanol–water partition coefficient (Wildman–Crippen LogP) is 5.23. The second-order valence-corrected chi connectivity index (χ2v) is 7.55. The van der Waals surface area contributed by atoms with Crippen molar-refractivity contribution in [1.82, 2.24) is 0 Å². The van der Waals surface area contributed by atoms with E-state index in [4.69, 9.17) is 4.74 Å². The van der Waals surface area contributed by atoms with Gasteiger partial charge in [-0.1, -0.05) is 62.7 Å². The topological polar surface area (TPSA) is 9.23 Å². The largest absolute Gasteiger partial charge is 0.492 e. The van der Waals surface area contributed by atoms with Gasteiger partial charge in [0.2, 0.25) is 0 Å². The maximum absolute atomic E-state index is 5.75. The minimum absolute atomic E-state index is 0.133. The summed E-state index contributed by atoms with van der Waals surface area (Å²) in [5.74, 6) is 1.05. The molecule has 1 aromatic carbocycles. The van der Waals surface area contributed by atoms with E-state index in [0.29, 0.717) is 4.83 Å². The van der Waals surface area contributed by atoms with Gasteiger partial charge in [0.1, 0.15) is 5.75 Å². The third-order valence-electron chi connectivity index (χ3n) is 4.21. The second-order valence-electron chi connectivity index (χ2n) is 6.63. The molecule has 1 heterocycles. The number of alkyl halides is 1. The standard InChI is InChI=1S/C16H23BrO/c1-6-15(2,3)14(17)11-7-8-13-12(9-11)16(4,5)10-18-13/h7-9,14H,6,10H2,1-5H3. The highest BCUT2D eigenvalue weighted by molar-refractivity contribution is 9.09.